The van der Waals surface area contributed by atoms with Gasteiger partial charge in [0.05, 0.1) is 24.2 Å². The summed E-state index contributed by atoms with van der Waals surface area (Å²) < 4.78 is 35.0. The number of amides is 2. The first-order valence-corrected chi connectivity index (χ1v) is 13.1. The average molecular weight is 484 g/mol. The Balaban J connectivity index is 1.71. The summed E-state index contributed by atoms with van der Waals surface area (Å²) in [6.07, 6.45) is -0.586. The summed E-state index contributed by atoms with van der Waals surface area (Å²) in [5.41, 5.74) is 0.134. The fourth-order valence-corrected chi connectivity index (χ4v) is 7.42. The molecule has 176 valence electrons. The molecule has 1 N–H and O–H groups in total. The number of fused-ring (bicyclic) bond motifs is 1. The van der Waals surface area contributed by atoms with Gasteiger partial charge in [0.15, 0.2) is 15.0 Å². The maximum atomic E-state index is 12.5. The summed E-state index contributed by atoms with van der Waals surface area (Å²) >= 11 is 1.31. The molecule has 2 amide bonds. The number of rotatable bonds is 6. The number of benzene rings is 1. The Hall–Kier alpha value is -2.27. The van der Waals surface area contributed by atoms with E-state index in [0.717, 1.165) is 5.69 Å². The number of hydrogen-bond acceptors (Lipinski definition) is 7. The van der Waals surface area contributed by atoms with Crippen LogP contribution in [0.4, 0.5) is 10.5 Å². The van der Waals surface area contributed by atoms with Crippen LogP contribution in [0.3, 0.4) is 0 Å². The zero-order valence-corrected chi connectivity index (χ0v) is 20.3. The van der Waals surface area contributed by atoms with Crippen molar-refractivity contribution in [3.05, 3.63) is 24.3 Å². The zero-order chi connectivity index (χ0) is 23.5. The van der Waals surface area contributed by atoms with Gasteiger partial charge < -0.3 is 19.7 Å². The van der Waals surface area contributed by atoms with Crippen LogP contribution in [-0.4, -0.2) is 67.1 Å². The van der Waals surface area contributed by atoms with E-state index in [1.807, 2.05) is 36.1 Å². The highest BCUT2D eigenvalue weighted by Gasteiger charge is 2.49. The zero-order valence-electron chi connectivity index (χ0n) is 18.7. The number of hydrogen-bond donors (Lipinski definition) is 1. The number of nitrogens with one attached hydrogen (secondary N) is 1. The third-order valence-corrected chi connectivity index (χ3v) is 7.93. The van der Waals surface area contributed by atoms with Crippen molar-refractivity contribution in [1.29, 1.82) is 0 Å². The van der Waals surface area contributed by atoms with E-state index in [2.05, 4.69) is 10.3 Å². The van der Waals surface area contributed by atoms with E-state index >= 15 is 0 Å². The minimum atomic E-state index is -3.14. The Kier molecular flexibility index (Phi) is 7.39. The summed E-state index contributed by atoms with van der Waals surface area (Å²) in [4.78, 5) is 30.3. The van der Waals surface area contributed by atoms with Gasteiger partial charge in [-0.25, -0.2) is 13.2 Å². The first-order valence-electron chi connectivity index (χ1n) is 10.4. The number of amidine groups is 1. The van der Waals surface area contributed by atoms with Crippen LogP contribution in [-0.2, 0) is 19.4 Å². The molecule has 0 spiro atoms. The molecule has 32 heavy (non-hydrogen) atoms. The van der Waals surface area contributed by atoms with Gasteiger partial charge in [-0.05, 0) is 52.0 Å². The minimum Gasteiger partial charge on any atom is -0.494 e. The van der Waals surface area contributed by atoms with Gasteiger partial charge in [-0.2, -0.15) is 4.99 Å². The second kappa shape index (κ2) is 9.70. The normalized spacial score (nSPS) is 23.1. The molecule has 1 aromatic rings. The number of thioether (sulfide) groups is 1. The molecule has 0 radical (unpaired) electrons. The van der Waals surface area contributed by atoms with Crippen LogP contribution < -0.4 is 15.0 Å². The molecule has 0 aromatic heterocycles. The van der Waals surface area contributed by atoms with Crippen molar-refractivity contribution in [1.82, 2.24) is 5.32 Å². The lowest BCUT2D eigenvalue weighted by Gasteiger charge is -2.24. The summed E-state index contributed by atoms with van der Waals surface area (Å²) in [6.45, 7) is 7.81. The van der Waals surface area contributed by atoms with Gasteiger partial charge in [0.25, 0.3) is 0 Å². The van der Waals surface area contributed by atoms with Gasteiger partial charge in [0.1, 0.15) is 11.4 Å². The summed E-state index contributed by atoms with van der Waals surface area (Å²) in [7, 11) is -3.14. The molecule has 2 atom stereocenters. The molecule has 2 aliphatic rings. The third kappa shape index (κ3) is 6.38. The molecule has 9 nitrogen and oxygen atoms in total. The first-order chi connectivity index (χ1) is 15.0. The van der Waals surface area contributed by atoms with Gasteiger partial charge >= 0.3 is 6.09 Å². The number of alkyl carbamates (subject to hydrolysis) is 1. The molecule has 2 saturated heterocycles. The summed E-state index contributed by atoms with van der Waals surface area (Å²) in [6, 6.07) is 7.01. The van der Waals surface area contributed by atoms with E-state index in [9.17, 15) is 18.0 Å². The number of sulfone groups is 1. The molecule has 2 aliphatic heterocycles. The highest BCUT2D eigenvalue weighted by molar-refractivity contribution is 8.16. The second-order valence-corrected chi connectivity index (χ2v) is 11.9. The quantitative estimate of drug-likeness (QED) is 0.657. The molecule has 0 bridgehead atoms. The van der Waals surface area contributed by atoms with Crippen LogP contribution in [0.15, 0.2) is 29.3 Å². The van der Waals surface area contributed by atoms with Crippen molar-refractivity contribution in [2.24, 2.45) is 4.99 Å². The van der Waals surface area contributed by atoms with Gasteiger partial charge in [-0.15, -0.1) is 0 Å². The lowest BCUT2D eigenvalue weighted by Crippen LogP contribution is -2.37. The van der Waals surface area contributed by atoms with Crippen molar-refractivity contribution in [3.63, 3.8) is 0 Å². The predicted molar refractivity (Wildman–Crippen MR) is 125 cm³/mol. The topological polar surface area (TPSA) is 114 Å². The third-order valence-electron chi connectivity index (χ3n) is 4.72. The molecule has 2 heterocycles. The van der Waals surface area contributed by atoms with Crippen LogP contribution in [0.1, 0.15) is 34.1 Å². The highest BCUT2D eigenvalue weighted by atomic mass is 32.2. The van der Waals surface area contributed by atoms with E-state index < -0.39 is 27.4 Å². The number of ether oxygens (including phenoxy) is 2. The fourth-order valence-electron chi connectivity index (χ4n) is 3.48. The van der Waals surface area contributed by atoms with E-state index in [1.54, 1.807) is 20.8 Å². The fraction of sp³-hybridized carbons (Fsp3) is 0.571. The molecule has 3 rings (SSSR count). The molecule has 0 aliphatic carbocycles. The average Bonchev–Trinajstić information content (AvgIpc) is 3.12. The van der Waals surface area contributed by atoms with Crippen LogP contribution in [0, 0.1) is 0 Å². The standard InChI is InChI=1S/C21H29N3O6S2/c1-5-29-15-8-6-14(7-9-15)24-16-12-32(27,28)13-17(16)31-19(24)23-18(25)10-11-22-20(26)30-21(2,3)4/h6-9,16-17H,5,10-13H2,1-4H3,(H,22,26)/t16-,17-/m1/s1. The Morgan fingerprint density at radius 1 is 1.22 bits per heavy atom. The second-order valence-electron chi connectivity index (χ2n) is 8.56. The maximum absolute atomic E-state index is 12.5. The Morgan fingerprint density at radius 2 is 1.91 bits per heavy atom. The molecular weight excluding hydrogens is 454 g/mol. The molecule has 2 fully saturated rings. The SMILES string of the molecule is CCOc1ccc(N2C(=NC(=O)CCNC(=O)OC(C)(C)C)S[C@@H]3CS(=O)(=O)C[C@H]32)cc1. The minimum absolute atomic E-state index is 0.00799. The van der Waals surface area contributed by atoms with Crippen LogP contribution in [0.2, 0.25) is 0 Å². The van der Waals surface area contributed by atoms with Crippen molar-refractivity contribution in [2.75, 3.05) is 29.6 Å². The number of carbonyl (C=O) groups is 2. The van der Waals surface area contributed by atoms with Crippen molar-refractivity contribution >= 4 is 44.5 Å². The van der Waals surface area contributed by atoms with Gasteiger partial charge in [-0.1, -0.05) is 11.8 Å². The van der Waals surface area contributed by atoms with E-state index in [0.29, 0.717) is 17.5 Å². The maximum Gasteiger partial charge on any atom is 0.407 e. The number of aliphatic imine (C=N–C) groups is 1. The van der Waals surface area contributed by atoms with Crippen LogP contribution in [0.5, 0.6) is 5.75 Å². The molecule has 0 unspecified atom stereocenters. The van der Waals surface area contributed by atoms with Gasteiger partial charge in [0.2, 0.25) is 5.91 Å². The highest BCUT2D eigenvalue weighted by Crippen LogP contribution is 2.41. The van der Waals surface area contributed by atoms with Gasteiger partial charge in [0, 0.05) is 23.9 Å². The Labute approximate surface area is 192 Å². The van der Waals surface area contributed by atoms with E-state index in [-0.39, 0.29) is 35.8 Å². The van der Waals surface area contributed by atoms with E-state index in [1.165, 1.54) is 11.8 Å². The Bertz CT molecular complexity index is 986. The van der Waals surface area contributed by atoms with Crippen molar-refractivity contribution < 1.29 is 27.5 Å². The number of anilines is 1. The molecule has 1 aromatic carbocycles. The number of carbonyl (C=O) groups excluding carboxylic acids is 2. The van der Waals surface area contributed by atoms with Crippen LogP contribution in [0.25, 0.3) is 0 Å². The monoisotopic (exact) mass is 483 g/mol. The van der Waals surface area contributed by atoms with Crippen LogP contribution >= 0.6 is 11.8 Å². The lowest BCUT2D eigenvalue weighted by atomic mass is 10.2. The largest absolute Gasteiger partial charge is 0.494 e. The Morgan fingerprint density at radius 3 is 2.53 bits per heavy atom. The van der Waals surface area contributed by atoms with Gasteiger partial charge in [-0.3, -0.25) is 4.79 Å². The molecule has 11 heteroatoms. The van der Waals surface area contributed by atoms with E-state index in [4.69, 9.17) is 9.47 Å². The number of nitrogens with zero attached hydrogens (tertiary/aromatic N) is 2. The van der Waals surface area contributed by atoms with Crippen molar-refractivity contribution in [2.45, 2.75) is 51.0 Å². The smallest absolute Gasteiger partial charge is 0.407 e. The first kappa shape index (κ1) is 24.4. The molecular formula is C21H29N3O6S2. The van der Waals surface area contributed by atoms with Crippen molar-refractivity contribution in [3.8, 4) is 5.75 Å². The predicted octanol–water partition coefficient (Wildman–Crippen LogP) is 2.60. The summed E-state index contributed by atoms with van der Waals surface area (Å²) in [5.74, 6) is 0.387. The lowest BCUT2D eigenvalue weighted by molar-refractivity contribution is -0.117. The summed E-state index contributed by atoms with van der Waals surface area (Å²) in [5, 5.41) is 2.83. The molecule has 0 saturated carbocycles.